The molecule has 0 bridgehead atoms. The van der Waals surface area contributed by atoms with Crippen molar-refractivity contribution in [1.82, 2.24) is 4.90 Å². The van der Waals surface area contributed by atoms with Crippen molar-refractivity contribution in [2.45, 2.75) is 12.8 Å². The van der Waals surface area contributed by atoms with Crippen LogP contribution in [0.25, 0.3) is 6.08 Å². The standard InChI is InChI=1S/C13H14BrNO3S/c14-10-6-11(19-8-10)3-4-12(16)15-5-1-2-9(7-15)13(17)18/h3-4,6,8-9H,1-2,5,7H2,(H,17,18). The van der Waals surface area contributed by atoms with Crippen LogP contribution in [0.2, 0.25) is 0 Å². The van der Waals surface area contributed by atoms with Crippen LogP contribution in [0.1, 0.15) is 17.7 Å². The molecule has 1 N–H and O–H groups in total. The molecule has 102 valence electrons. The van der Waals surface area contributed by atoms with Crippen molar-refractivity contribution >= 4 is 45.2 Å². The first-order chi connectivity index (χ1) is 9.06. The summed E-state index contributed by atoms with van der Waals surface area (Å²) in [5, 5.41) is 10.9. The van der Waals surface area contributed by atoms with Gasteiger partial charge in [0.15, 0.2) is 0 Å². The van der Waals surface area contributed by atoms with Crippen LogP contribution in [-0.4, -0.2) is 35.0 Å². The van der Waals surface area contributed by atoms with E-state index in [0.29, 0.717) is 19.5 Å². The van der Waals surface area contributed by atoms with Crippen LogP contribution >= 0.6 is 27.3 Å². The van der Waals surface area contributed by atoms with Gasteiger partial charge in [0.1, 0.15) is 0 Å². The number of nitrogens with zero attached hydrogens (tertiary/aromatic N) is 1. The summed E-state index contributed by atoms with van der Waals surface area (Å²) in [4.78, 5) is 25.5. The summed E-state index contributed by atoms with van der Waals surface area (Å²) in [6.07, 6.45) is 4.69. The molecular weight excluding hydrogens is 330 g/mol. The normalized spacial score (nSPS) is 19.8. The second-order valence-corrected chi connectivity index (χ2v) is 6.32. The molecule has 1 saturated heterocycles. The van der Waals surface area contributed by atoms with Crippen molar-refractivity contribution in [3.8, 4) is 0 Å². The van der Waals surface area contributed by atoms with Gasteiger partial charge in [-0.05, 0) is 40.9 Å². The van der Waals surface area contributed by atoms with Gasteiger partial charge >= 0.3 is 5.97 Å². The molecule has 1 unspecified atom stereocenters. The number of carbonyl (C=O) groups excluding carboxylic acids is 1. The van der Waals surface area contributed by atoms with Gasteiger partial charge in [-0.1, -0.05) is 0 Å². The number of likely N-dealkylation sites (tertiary alicyclic amines) is 1. The predicted molar refractivity (Wildman–Crippen MR) is 78.0 cm³/mol. The molecule has 0 spiro atoms. The second-order valence-electron chi connectivity index (χ2n) is 4.46. The first kappa shape index (κ1) is 14.3. The monoisotopic (exact) mass is 343 g/mol. The van der Waals surface area contributed by atoms with Crippen LogP contribution in [-0.2, 0) is 9.59 Å². The number of halogens is 1. The zero-order chi connectivity index (χ0) is 13.8. The van der Waals surface area contributed by atoms with E-state index in [-0.39, 0.29) is 5.91 Å². The van der Waals surface area contributed by atoms with Crippen LogP contribution in [0.5, 0.6) is 0 Å². The fourth-order valence-electron chi connectivity index (χ4n) is 2.05. The molecule has 2 heterocycles. The van der Waals surface area contributed by atoms with Gasteiger partial charge in [-0.15, -0.1) is 11.3 Å². The minimum atomic E-state index is -0.816. The van der Waals surface area contributed by atoms with Gasteiger partial charge in [-0.25, -0.2) is 0 Å². The fraction of sp³-hybridized carbons (Fsp3) is 0.385. The lowest BCUT2D eigenvalue weighted by atomic mass is 9.98. The summed E-state index contributed by atoms with van der Waals surface area (Å²) in [7, 11) is 0. The minimum Gasteiger partial charge on any atom is -0.481 e. The van der Waals surface area contributed by atoms with Gasteiger partial charge in [0.05, 0.1) is 5.92 Å². The third kappa shape index (κ3) is 3.91. The van der Waals surface area contributed by atoms with Crippen LogP contribution in [0, 0.1) is 5.92 Å². The lowest BCUT2D eigenvalue weighted by Crippen LogP contribution is -2.41. The maximum atomic E-state index is 12.0. The summed E-state index contributed by atoms with van der Waals surface area (Å²) in [6.45, 7) is 0.952. The van der Waals surface area contributed by atoms with E-state index in [4.69, 9.17) is 5.11 Å². The van der Waals surface area contributed by atoms with Crippen molar-refractivity contribution in [3.05, 3.63) is 26.9 Å². The topological polar surface area (TPSA) is 57.6 Å². The number of hydrogen-bond acceptors (Lipinski definition) is 3. The fourth-order valence-corrected chi connectivity index (χ4v) is 3.39. The molecule has 4 nitrogen and oxygen atoms in total. The molecule has 0 aliphatic carbocycles. The van der Waals surface area contributed by atoms with Crippen LogP contribution in [0.4, 0.5) is 0 Å². The van der Waals surface area contributed by atoms with Crippen molar-refractivity contribution < 1.29 is 14.7 Å². The van der Waals surface area contributed by atoms with E-state index in [2.05, 4.69) is 15.9 Å². The molecular formula is C13H14BrNO3S. The molecule has 1 aromatic heterocycles. The van der Waals surface area contributed by atoms with Gasteiger partial charge in [-0.3, -0.25) is 9.59 Å². The van der Waals surface area contributed by atoms with Crippen molar-refractivity contribution in [1.29, 1.82) is 0 Å². The zero-order valence-electron chi connectivity index (χ0n) is 10.2. The summed E-state index contributed by atoms with van der Waals surface area (Å²) < 4.78 is 0.994. The van der Waals surface area contributed by atoms with Gasteiger partial charge in [0.2, 0.25) is 5.91 Å². The molecule has 1 amide bonds. The smallest absolute Gasteiger partial charge is 0.308 e. The lowest BCUT2D eigenvalue weighted by Gasteiger charge is -2.29. The maximum absolute atomic E-state index is 12.0. The van der Waals surface area contributed by atoms with E-state index in [9.17, 15) is 9.59 Å². The highest BCUT2D eigenvalue weighted by Crippen LogP contribution is 2.21. The van der Waals surface area contributed by atoms with E-state index < -0.39 is 11.9 Å². The average molecular weight is 344 g/mol. The number of aliphatic carboxylic acids is 1. The average Bonchev–Trinajstić information content (AvgIpc) is 2.82. The molecule has 1 atom stereocenters. The number of rotatable bonds is 3. The van der Waals surface area contributed by atoms with E-state index in [0.717, 1.165) is 15.8 Å². The van der Waals surface area contributed by atoms with Gasteiger partial charge < -0.3 is 10.0 Å². The Bertz CT molecular complexity index is 512. The third-order valence-electron chi connectivity index (χ3n) is 3.06. The Hall–Kier alpha value is -1.14. The SMILES string of the molecule is O=C(O)C1CCCN(C(=O)C=Cc2cc(Br)cs2)C1. The molecule has 1 aliphatic rings. The highest BCUT2D eigenvalue weighted by atomic mass is 79.9. The van der Waals surface area contributed by atoms with Crippen LogP contribution < -0.4 is 0 Å². The molecule has 6 heteroatoms. The minimum absolute atomic E-state index is 0.115. The number of carboxylic acids is 1. The summed E-state index contributed by atoms with van der Waals surface area (Å²) in [5.74, 6) is -1.36. The Morgan fingerprint density at radius 2 is 2.32 bits per heavy atom. The molecule has 0 saturated carbocycles. The molecule has 1 aromatic rings. The highest BCUT2D eigenvalue weighted by molar-refractivity contribution is 9.10. The highest BCUT2D eigenvalue weighted by Gasteiger charge is 2.27. The Kier molecular flexibility index (Phi) is 4.76. The van der Waals surface area contributed by atoms with E-state index >= 15 is 0 Å². The molecule has 1 fully saturated rings. The number of thiophene rings is 1. The van der Waals surface area contributed by atoms with Crippen molar-refractivity contribution in [2.75, 3.05) is 13.1 Å². The largest absolute Gasteiger partial charge is 0.481 e. The first-order valence-corrected chi connectivity index (χ1v) is 7.67. The Labute approximate surface area is 123 Å². The quantitative estimate of drug-likeness (QED) is 0.858. The van der Waals surface area contributed by atoms with Gasteiger partial charge in [0, 0.05) is 33.9 Å². The summed E-state index contributed by atoms with van der Waals surface area (Å²) in [6, 6.07) is 1.94. The molecule has 19 heavy (non-hydrogen) atoms. The van der Waals surface area contributed by atoms with Crippen LogP contribution in [0.3, 0.4) is 0 Å². The second kappa shape index (κ2) is 6.34. The number of hydrogen-bond donors (Lipinski definition) is 1. The first-order valence-electron chi connectivity index (χ1n) is 6.00. The summed E-state index contributed by atoms with van der Waals surface area (Å²) in [5.41, 5.74) is 0. The Morgan fingerprint density at radius 1 is 1.53 bits per heavy atom. The van der Waals surface area contributed by atoms with E-state index in [1.54, 1.807) is 22.3 Å². The number of piperidine rings is 1. The molecule has 0 aromatic carbocycles. The Balaban J connectivity index is 1.96. The van der Waals surface area contributed by atoms with Crippen molar-refractivity contribution in [2.24, 2.45) is 5.92 Å². The molecule has 2 rings (SSSR count). The molecule has 1 aliphatic heterocycles. The van der Waals surface area contributed by atoms with E-state index in [1.165, 1.54) is 6.08 Å². The molecule has 0 radical (unpaired) electrons. The maximum Gasteiger partial charge on any atom is 0.308 e. The lowest BCUT2D eigenvalue weighted by molar-refractivity contribution is -0.144. The number of carboxylic acid groups (broad SMARTS) is 1. The number of amides is 1. The van der Waals surface area contributed by atoms with Gasteiger partial charge in [-0.2, -0.15) is 0 Å². The Morgan fingerprint density at radius 3 is 2.95 bits per heavy atom. The summed E-state index contributed by atoms with van der Waals surface area (Å²) >= 11 is 4.90. The van der Waals surface area contributed by atoms with Crippen LogP contribution in [0.15, 0.2) is 22.0 Å². The third-order valence-corrected chi connectivity index (χ3v) is 4.72. The zero-order valence-corrected chi connectivity index (χ0v) is 12.6. The number of carbonyl (C=O) groups is 2. The predicted octanol–water partition coefficient (Wildman–Crippen LogP) is 2.85. The van der Waals surface area contributed by atoms with Crippen molar-refractivity contribution in [3.63, 3.8) is 0 Å². The van der Waals surface area contributed by atoms with E-state index in [1.807, 2.05) is 11.4 Å². The van der Waals surface area contributed by atoms with Gasteiger partial charge in [0.25, 0.3) is 0 Å².